The average Bonchev–Trinajstić information content (AvgIpc) is 2.57. The SMILES string of the molecule is CCOc1ccc(C(=O)[C@@H](C)OC(=O)c2cc(Cl)ccc2O)cc1. The van der Waals surface area contributed by atoms with Crippen molar-refractivity contribution in [1.82, 2.24) is 0 Å². The fourth-order valence-corrected chi connectivity index (χ4v) is 2.24. The number of Topliss-reactive ketones (excluding diaryl/α,β-unsaturated/α-hetero) is 1. The molecule has 0 spiro atoms. The van der Waals surface area contributed by atoms with Crippen molar-refractivity contribution in [2.24, 2.45) is 0 Å². The van der Waals surface area contributed by atoms with Crippen LogP contribution in [0.15, 0.2) is 42.5 Å². The van der Waals surface area contributed by atoms with Gasteiger partial charge in [0.25, 0.3) is 0 Å². The van der Waals surface area contributed by atoms with E-state index in [0.717, 1.165) is 0 Å². The van der Waals surface area contributed by atoms with E-state index < -0.39 is 12.1 Å². The summed E-state index contributed by atoms with van der Waals surface area (Å²) in [6.07, 6.45) is -1.01. The van der Waals surface area contributed by atoms with Gasteiger partial charge in [-0.15, -0.1) is 0 Å². The highest BCUT2D eigenvalue weighted by molar-refractivity contribution is 6.31. The Kier molecular flexibility index (Phi) is 5.82. The van der Waals surface area contributed by atoms with Crippen LogP contribution in [0.3, 0.4) is 0 Å². The van der Waals surface area contributed by atoms with Gasteiger partial charge in [-0.2, -0.15) is 0 Å². The molecule has 0 heterocycles. The molecular weight excluding hydrogens is 332 g/mol. The van der Waals surface area contributed by atoms with Crippen molar-refractivity contribution in [3.05, 3.63) is 58.6 Å². The van der Waals surface area contributed by atoms with Crippen LogP contribution in [-0.2, 0) is 4.74 Å². The number of aromatic hydroxyl groups is 1. The lowest BCUT2D eigenvalue weighted by atomic mass is 10.1. The number of hydrogen-bond donors (Lipinski definition) is 1. The highest BCUT2D eigenvalue weighted by Crippen LogP contribution is 2.23. The van der Waals surface area contributed by atoms with E-state index in [9.17, 15) is 14.7 Å². The Balaban J connectivity index is 2.08. The largest absolute Gasteiger partial charge is 0.507 e. The van der Waals surface area contributed by atoms with Crippen molar-refractivity contribution >= 4 is 23.4 Å². The Morgan fingerprint density at radius 2 is 1.83 bits per heavy atom. The fourth-order valence-electron chi connectivity index (χ4n) is 2.07. The number of carbonyl (C=O) groups excluding carboxylic acids is 2. The summed E-state index contributed by atoms with van der Waals surface area (Å²) in [5, 5.41) is 9.98. The number of carbonyl (C=O) groups is 2. The van der Waals surface area contributed by atoms with Crippen molar-refractivity contribution < 1.29 is 24.2 Å². The molecule has 1 atom stereocenters. The van der Waals surface area contributed by atoms with Crippen molar-refractivity contribution in [3.8, 4) is 11.5 Å². The van der Waals surface area contributed by atoms with Gasteiger partial charge in [-0.3, -0.25) is 4.79 Å². The molecule has 126 valence electrons. The minimum atomic E-state index is -1.01. The number of phenols is 1. The van der Waals surface area contributed by atoms with Gasteiger partial charge in [0.05, 0.1) is 6.61 Å². The van der Waals surface area contributed by atoms with E-state index in [2.05, 4.69) is 0 Å². The van der Waals surface area contributed by atoms with E-state index >= 15 is 0 Å². The maximum atomic E-state index is 12.3. The Bertz CT molecular complexity index is 740. The summed E-state index contributed by atoms with van der Waals surface area (Å²) in [7, 11) is 0. The van der Waals surface area contributed by atoms with Crippen LogP contribution in [0.5, 0.6) is 11.5 Å². The predicted octanol–water partition coefficient (Wildman–Crippen LogP) is 3.87. The summed E-state index contributed by atoms with van der Waals surface area (Å²) in [5.41, 5.74) is 0.308. The molecule has 0 aliphatic rings. The molecule has 0 bridgehead atoms. The Morgan fingerprint density at radius 1 is 1.17 bits per heavy atom. The predicted molar refractivity (Wildman–Crippen MR) is 89.9 cm³/mol. The molecule has 0 aromatic heterocycles. The first-order chi connectivity index (χ1) is 11.4. The van der Waals surface area contributed by atoms with Gasteiger partial charge in [0, 0.05) is 10.6 Å². The highest BCUT2D eigenvalue weighted by Gasteiger charge is 2.22. The first-order valence-corrected chi connectivity index (χ1v) is 7.76. The zero-order valence-electron chi connectivity index (χ0n) is 13.3. The third-order valence-electron chi connectivity index (χ3n) is 3.28. The molecule has 2 aromatic carbocycles. The van der Waals surface area contributed by atoms with E-state index in [0.29, 0.717) is 17.9 Å². The monoisotopic (exact) mass is 348 g/mol. The van der Waals surface area contributed by atoms with E-state index in [4.69, 9.17) is 21.1 Å². The lowest BCUT2D eigenvalue weighted by molar-refractivity contribution is 0.0316. The molecule has 0 saturated carbocycles. The molecule has 0 fully saturated rings. The topological polar surface area (TPSA) is 72.8 Å². The molecule has 1 N–H and O–H groups in total. The van der Waals surface area contributed by atoms with Gasteiger partial charge < -0.3 is 14.6 Å². The number of esters is 1. The summed E-state index contributed by atoms with van der Waals surface area (Å²) < 4.78 is 10.4. The maximum absolute atomic E-state index is 12.3. The lowest BCUT2D eigenvalue weighted by Gasteiger charge is -2.13. The van der Waals surface area contributed by atoms with Crippen LogP contribution >= 0.6 is 11.6 Å². The third kappa shape index (κ3) is 4.26. The van der Waals surface area contributed by atoms with Crippen LogP contribution in [-0.4, -0.2) is 29.6 Å². The second-order valence-electron chi connectivity index (χ2n) is 5.03. The zero-order chi connectivity index (χ0) is 17.7. The number of benzene rings is 2. The summed E-state index contributed by atoms with van der Waals surface area (Å²) in [4.78, 5) is 24.4. The van der Waals surface area contributed by atoms with Gasteiger partial charge in [-0.25, -0.2) is 4.79 Å². The lowest BCUT2D eigenvalue weighted by Crippen LogP contribution is -2.24. The smallest absolute Gasteiger partial charge is 0.342 e. The van der Waals surface area contributed by atoms with Crippen molar-refractivity contribution in [1.29, 1.82) is 0 Å². The van der Waals surface area contributed by atoms with Gasteiger partial charge in [-0.05, 0) is 56.3 Å². The minimum Gasteiger partial charge on any atom is -0.507 e. The molecule has 0 radical (unpaired) electrons. The van der Waals surface area contributed by atoms with E-state index in [-0.39, 0.29) is 22.1 Å². The van der Waals surface area contributed by atoms with Crippen molar-refractivity contribution in [2.45, 2.75) is 20.0 Å². The molecule has 5 nitrogen and oxygen atoms in total. The normalized spacial score (nSPS) is 11.6. The first kappa shape index (κ1) is 17.8. The van der Waals surface area contributed by atoms with Crippen LogP contribution in [0.1, 0.15) is 34.6 Å². The van der Waals surface area contributed by atoms with Crippen LogP contribution in [0.2, 0.25) is 5.02 Å². The first-order valence-electron chi connectivity index (χ1n) is 7.39. The van der Waals surface area contributed by atoms with E-state index in [1.165, 1.54) is 25.1 Å². The maximum Gasteiger partial charge on any atom is 0.342 e. The van der Waals surface area contributed by atoms with Gasteiger partial charge in [0.2, 0.25) is 5.78 Å². The fraction of sp³-hybridized carbons (Fsp3) is 0.222. The van der Waals surface area contributed by atoms with Crippen LogP contribution in [0.25, 0.3) is 0 Å². The molecule has 0 aliphatic heterocycles. The quantitative estimate of drug-likeness (QED) is 0.633. The van der Waals surface area contributed by atoms with Gasteiger partial charge in [0.15, 0.2) is 6.10 Å². The second-order valence-corrected chi connectivity index (χ2v) is 5.47. The van der Waals surface area contributed by atoms with Crippen LogP contribution < -0.4 is 4.74 Å². The number of ether oxygens (including phenoxy) is 2. The highest BCUT2D eigenvalue weighted by atomic mass is 35.5. The second kappa shape index (κ2) is 7.84. The van der Waals surface area contributed by atoms with Gasteiger partial charge in [0.1, 0.15) is 17.1 Å². The molecule has 0 aliphatic carbocycles. The number of phenolic OH excluding ortho intramolecular Hbond substituents is 1. The summed E-state index contributed by atoms with van der Waals surface area (Å²) in [6, 6.07) is 10.6. The van der Waals surface area contributed by atoms with Gasteiger partial charge >= 0.3 is 5.97 Å². The number of halogens is 1. The number of hydrogen-bond acceptors (Lipinski definition) is 5. The third-order valence-corrected chi connectivity index (χ3v) is 3.52. The van der Waals surface area contributed by atoms with Gasteiger partial charge in [-0.1, -0.05) is 11.6 Å². The Labute approximate surface area is 144 Å². The average molecular weight is 349 g/mol. The number of ketones is 1. The van der Waals surface area contributed by atoms with Crippen LogP contribution in [0.4, 0.5) is 0 Å². The molecule has 2 aromatic rings. The molecular formula is C18H17ClO5. The molecule has 0 amide bonds. The zero-order valence-corrected chi connectivity index (χ0v) is 14.0. The standard InChI is InChI=1S/C18H17ClO5/c1-3-23-14-7-4-12(5-8-14)17(21)11(2)24-18(22)15-10-13(19)6-9-16(15)20/h4-11,20H,3H2,1-2H3/t11-/m1/s1. The van der Waals surface area contributed by atoms with Crippen molar-refractivity contribution in [2.75, 3.05) is 6.61 Å². The number of rotatable bonds is 6. The van der Waals surface area contributed by atoms with Crippen LogP contribution in [0, 0.1) is 0 Å². The summed E-state index contributed by atoms with van der Waals surface area (Å²) in [6.45, 7) is 3.87. The van der Waals surface area contributed by atoms with E-state index in [1.54, 1.807) is 24.3 Å². The summed E-state index contributed by atoms with van der Waals surface area (Å²) in [5.74, 6) is -0.776. The van der Waals surface area contributed by atoms with E-state index in [1.807, 2.05) is 6.92 Å². The molecule has 0 unspecified atom stereocenters. The van der Waals surface area contributed by atoms with Crippen molar-refractivity contribution in [3.63, 3.8) is 0 Å². The Morgan fingerprint density at radius 3 is 2.46 bits per heavy atom. The molecule has 6 heteroatoms. The molecule has 0 saturated heterocycles. The summed E-state index contributed by atoms with van der Waals surface area (Å²) >= 11 is 5.80. The Hall–Kier alpha value is -2.53. The molecule has 24 heavy (non-hydrogen) atoms. The molecule has 2 rings (SSSR count). The minimum absolute atomic E-state index is 0.0890.